The van der Waals surface area contributed by atoms with Gasteiger partial charge in [-0.3, -0.25) is 4.79 Å². The van der Waals surface area contributed by atoms with E-state index in [4.69, 9.17) is 0 Å². The van der Waals surface area contributed by atoms with Crippen LogP contribution in [0.25, 0.3) is 10.8 Å². The number of phenols is 1. The van der Waals surface area contributed by atoms with Crippen molar-refractivity contribution in [1.29, 1.82) is 0 Å². The lowest BCUT2D eigenvalue weighted by Gasteiger charge is -2.08. The Morgan fingerprint density at radius 2 is 2.00 bits per heavy atom. The highest BCUT2D eigenvalue weighted by molar-refractivity contribution is 5.88. The van der Waals surface area contributed by atoms with Crippen molar-refractivity contribution >= 4 is 16.7 Å². The smallest absolute Gasteiger partial charge is 0.220 e. The molecule has 3 nitrogen and oxygen atoms in total. The normalized spacial score (nSPS) is 10.4. The summed E-state index contributed by atoms with van der Waals surface area (Å²) in [6.07, 6.45) is 0.935. The van der Waals surface area contributed by atoms with E-state index in [0.29, 0.717) is 12.8 Å². The third kappa shape index (κ3) is 2.38. The molecule has 0 bridgehead atoms. The second-order valence-corrected chi connectivity index (χ2v) is 3.96. The van der Waals surface area contributed by atoms with E-state index >= 15 is 0 Å². The van der Waals surface area contributed by atoms with Gasteiger partial charge in [0, 0.05) is 19.0 Å². The first kappa shape index (κ1) is 11.5. The van der Waals surface area contributed by atoms with Crippen LogP contribution in [0.15, 0.2) is 36.4 Å². The van der Waals surface area contributed by atoms with E-state index < -0.39 is 0 Å². The third-order valence-electron chi connectivity index (χ3n) is 2.90. The number of carbonyl (C=O) groups excluding carboxylic acids is 1. The summed E-state index contributed by atoms with van der Waals surface area (Å²) in [7, 11) is 1.62. The third-order valence-corrected chi connectivity index (χ3v) is 2.90. The van der Waals surface area contributed by atoms with Crippen LogP contribution in [-0.2, 0) is 11.2 Å². The van der Waals surface area contributed by atoms with Crippen LogP contribution in [-0.4, -0.2) is 18.1 Å². The lowest BCUT2D eigenvalue weighted by atomic mass is 9.99. The van der Waals surface area contributed by atoms with E-state index in [9.17, 15) is 9.90 Å². The lowest BCUT2D eigenvalue weighted by Crippen LogP contribution is -2.18. The molecule has 0 atom stereocenters. The highest BCUT2D eigenvalue weighted by Gasteiger charge is 2.08. The summed E-state index contributed by atoms with van der Waals surface area (Å²) in [5.41, 5.74) is 0.840. The summed E-state index contributed by atoms with van der Waals surface area (Å²) in [6.45, 7) is 0. The Labute approximate surface area is 100 Å². The fourth-order valence-electron chi connectivity index (χ4n) is 1.95. The summed E-state index contributed by atoms with van der Waals surface area (Å²) in [5.74, 6) is 0.241. The molecule has 0 aliphatic carbocycles. The Bertz CT molecular complexity index is 549. The number of fused-ring (bicyclic) bond motifs is 1. The van der Waals surface area contributed by atoms with Crippen LogP contribution < -0.4 is 5.32 Å². The molecule has 2 N–H and O–H groups in total. The summed E-state index contributed by atoms with van der Waals surface area (Å²) < 4.78 is 0. The Morgan fingerprint density at radius 3 is 2.76 bits per heavy atom. The molecule has 0 fully saturated rings. The fourth-order valence-corrected chi connectivity index (χ4v) is 1.95. The molecule has 1 amide bonds. The van der Waals surface area contributed by atoms with E-state index in [2.05, 4.69) is 5.32 Å². The predicted octanol–water partition coefficient (Wildman–Crippen LogP) is 2.22. The quantitative estimate of drug-likeness (QED) is 0.847. The Hall–Kier alpha value is -2.03. The van der Waals surface area contributed by atoms with Gasteiger partial charge < -0.3 is 10.4 Å². The fraction of sp³-hybridized carbons (Fsp3) is 0.214. The van der Waals surface area contributed by atoms with Crippen molar-refractivity contribution in [3.63, 3.8) is 0 Å². The first-order valence-corrected chi connectivity index (χ1v) is 5.62. The van der Waals surface area contributed by atoms with Gasteiger partial charge in [-0.2, -0.15) is 0 Å². The van der Waals surface area contributed by atoms with Gasteiger partial charge in [-0.15, -0.1) is 0 Å². The van der Waals surface area contributed by atoms with Gasteiger partial charge in [-0.05, 0) is 23.3 Å². The molecule has 0 aromatic heterocycles. The highest BCUT2D eigenvalue weighted by atomic mass is 16.3. The van der Waals surface area contributed by atoms with Crippen LogP contribution >= 0.6 is 0 Å². The van der Waals surface area contributed by atoms with E-state index in [1.807, 2.05) is 30.3 Å². The maximum Gasteiger partial charge on any atom is 0.220 e. The number of benzene rings is 2. The minimum atomic E-state index is -0.0164. The van der Waals surface area contributed by atoms with Gasteiger partial charge in [0.05, 0.1) is 0 Å². The van der Waals surface area contributed by atoms with Gasteiger partial charge >= 0.3 is 0 Å². The van der Waals surface area contributed by atoms with Crippen LogP contribution in [0.2, 0.25) is 0 Å². The Morgan fingerprint density at radius 1 is 1.24 bits per heavy atom. The van der Waals surface area contributed by atoms with E-state index in [-0.39, 0.29) is 11.7 Å². The molecule has 0 aliphatic rings. The van der Waals surface area contributed by atoms with E-state index in [1.54, 1.807) is 13.1 Å². The maximum atomic E-state index is 11.2. The summed E-state index contributed by atoms with van der Waals surface area (Å²) >= 11 is 0. The first-order chi connectivity index (χ1) is 8.22. The van der Waals surface area contributed by atoms with Crippen LogP contribution in [0, 0.1) is 0 Å². The Balaban J connectivity index is 2.37. The van der Waals surface area contributed by atoms with Crippen molar-refractivity contribution in [2.75, 3.05) is 7.05 Å². The number of rotatable bonds is 3. The topological polar surface area (TPSA) is 49.3 Å². The zero-order valence-corrected chi connectivity index (χ0v) is 9.73. The van der Waals surface area contributed by atoms with Gasteiger partial charge in [-0.25, -0.2) is 0 Å². The van der Waals surface area contributed by atoms with Gasteiger partial charge in [0.1, 0.15) is 5.75 Å². The van der Waals surface area contributed by atoms with Gasteiger partial charge in [0.15, 0.2) is 0 Å². The Kier molecular flexibility index (Phi) is 3.28. The lowest BCUT2D eigenvalue weighted by molar-refractivity contribution is -0.120. The van der Waals surface area contributed by atoms with Gasteiger partial charge in [-0.1, -0.05) is 30.3 Å². The predicted molar refractivity (Wildman–Crippen MR) is 68.0 cm³/mol. The van der Waals surface area contributed by atoms with Crippen molar-refractivity contribution < 1.29 is 9.90 Å². The van der Waals surface area contributed by atoms with Crippen molar-refractivity contribution in [2.24, 2.45) is 0 Å². The number of hydrogen-bond acceptors (Lipinski definition) is 2. The molecule has 88 valence electrons. The van der Waals surface area contributed by atoms with Crippen LogP contribution in [0.5, 0.6) is 5.75 Å². The monoisotopic (exact) mass is 229 g/mol. The van der Waals surface area contributed by atoms with E-state index in [0.717, 1.165) is 16.3 Å². The average Bonchev–Trinajstić information content (AvgIpc) is 2.37. The minimum Gasteiger partial charge on any atom is -0.508 e. The zero-order valence-electron chi connectivity index (χ0n) is 9.73. The molecule has 0 spiro atoms. The molecule has 0 aliphatic heterocycles. The summed E-state index contributed by atoms with van der Waals surface area (Å²) in [5, 5.41) is 14.5. The molecule has 0 heterocycles. The molecule has 2 aromatic rings. The number of hydrogen-bond donors (Lipinski definition) is 2. The minimum absolute atomic E-state index is 0.0164. The van der Waals surface area contributed by atoms with Crippen molar-refractivity contribution in [3.05, 3.63) is 42.0 Å². The molecule has 17 heavy (non-hydrogen) atoms. The number of nitrogens with one attached hydrogen (secondary N) is 1. The van der Waals surface area contributed by atoms with Crippen LogP contribution in [0.1, 0.15) is 12.0 Å². The number of aryl methyl sites for hydroxylation is 1. The zero-order chi connectivity index (χ0) is 12.3. The molecule has 0 saturated heterocycles. The summed E-state index contributed by atoms with van der Waals surface area (Å²) in [4.78, 5) is 11.2. The number of aromatic hydroxyl groups is 1. The van der Waals surface area contributed by atoms with Crippen molar-refractivity contribution in [1.82, 2.24) is 5.32 Å². The molecule has 3 heteroatoms. The molecular weight excluding hydrogens is 214 g/mol. The van der Waals surface area contributed by atoms with Crippen LogP contribution in [0.3, 0.4) is 0 Å². The largest absolute Gasteiger partial charge is 0.508 e. The van der Waals surface area contributed by atoms with Gasteiger partial charge in [0.25, 0.3) is 0 Å². The van der Waals surface area contributed by atoms with Gasteiger partial charge in [0.2, 0.25) is 5.91 Å². The standard InChI is InChI=1S/C14H15NO2/c1-15-14(17)9-7-12-11-5-3-2-4-10(11)6-8-13(12)16/h2-6,8,16H,7,9H2,1H3,(H,15,17). The summed E-state index contributed by atoms with van der Waals surface area (Å²) in [6, 6.07) is 11.4. The highest BCUT2D eigenvalue weighted by Crippen LogP contribution is 2.28. The second-order valence-electron chi connectivity index (χ2n) is 3.96. The molecule has 2 aromatic carbocycles. The number of carbonyl (C=O) groups is 1. The second kappa shape index (κ2) is 4.87. The molecule has 2 rings (SSSR count). The molecule has 0 saturated carbocycles. The average molecular weight is 229 g/mol. The van der Waals surface area contributed by atoms with E-state index in [1.165, 1.54) is 0 Å². The molecular formula is C14H15NO2. The molecule has 0 unspecified atom stereocenters. The van der Waals surface area contributed by atoms with Crippen molar-refractivity contribution in [2.45, 2.75) is 12.8 Å². The maximum absolute atomic E-state index is 11.2. The number of amides is 1. The van der Waals surface area contributed by atoms with Crippen LogP contribution in [0.4, 0.5) is 0 Å². The first-order valence-electron chi connectivity index (χ1n) is 5.62. The van der Waals surface area contributed by atoms with Crippen molar-refractivity contribution in [3.8, 4) is 5.75 Å². The molecule has 0 radical (unpaired) electrons. The SMILES string of the molecule is CNC(=O)CCc1c(O)ccc2ccccc12. The number of phenolic OH excluding ortho intramolecular Hbond substituents is 1.